The first-order valence-electron chi connectivity index (χ1n) is 11.5. The summed E-state index contributed by atoms with van der Waals surface area (Å²) in [7, 11) is 0. The largest absolute Gasteiger partial charge is 0.454 e. The number of rotatable bonds is 5. The predicted octanol–water partition coefficient (Wildman–Crippen LogP) is 2.55. The molecule has 3 heterocycles. The zero-order valence-electron chi connectivity index (χ0n) is 18.5. The molecule has 4 atom stereocenters. The summed E-state index contributed by atoms with van der Waals surface area (Å²) in [6.07, 6.45) is 1.08. The molecule has 0 unspecified atom stereocenters. The van der Waals surface area contributed by atoms with E-state index in [1.165, 1.54) is 0 Å². The van der Waals surface area contributed by atoms with Gasteiger partial charge in [-0.1, -0.05) is 24.3 Å². The number of fused-ring (bicyclic) bond motifs is 2. The number of aliphatic hydroxyl groups excluding tert-OH is 1. The molecular weight excluding hydrogens is 424 g/mol. The Bertz CT molecular complexity index is 955. The normalized spacial score (nSPS) is 27.3. The molecule has 0 aliphatic carbocycles. The summed E-state index contributed by atoms with van der Waals surface area (Å²) in [5.74, 6) is 1.46. The van der Waals surface area contributed by atoms with Gasteiger partial charge >= 0.3 is 0 Å². The van der Waals surface area contributed by atoms with E-state index in [0.29, 0.717) is 26.1 Å². The maximum Gasteiger partial charge on any atom is 0.231 e. The summed E-state index contributed by atoms with van der Waals surface area (Å²) in [5, 5.41) is 13.3. The zero-order valence-corrected chi connectivity index (χ0v) is 18.5. The fourth-order valence-corrected chi connectivity index (χ4v) is 4.84. The number of nitrogens with one attached hydrogen (secondary N) is 1. The molecule has 0 aromatic heterocycles. The summed E-state index contributed by atoms with van der Waals surface area (Å²) in [6, 6.07) is 15.5. The molecule has 2 aromatic rings. The van der Waals surface area contributed by atoms with Crippen molar-refractivity contribution in [3.63, 3.8) is 0 Å². The molecular formula is C25H30N2O6. The lowest BCUT2D eigenvalue weighted by Gasteiger charge is -2.44. The Labute approximate surface area is 193 Å². The molecule has 8 heteroatoms. The Hall–Kier alpha value is -2.65. The van der Waals surface area contributed by atoms with Gasteiger partial charge in [0.25, 0.3) is 0 Å². The number of aliphatic hydroxyl groups is 1. The Balaban J connectivity index is 1.23. The number of benzene rings is 2. The Morgan fingerprint density at radius 1 is 1.06 bits per heavy atom. The second-order valence-corrected chi connectivity index (χ2v) is 8.87. The average Bonchev–Trinajstić information content (AvgIpc) is 3.26. The third-order valence-electron chi connectivity index (χ3n) is 6.38. The third-order valence-corrected chi connectivity index (χ3v) is 6.38. The van der Waals surface area contributed by atoms with E-state index < -0.39 is 6.10 Å². The molecule has 33 heavy (non-hydrogen) atoms. The van der Waals surface area contributed by atoms with Gasteiger partial charge in [-0.3, -0.25) is 9.69 Å². The van der Waals surface area contributed by atoms with Gasteiger partial charge in [0.1, 0.15) is 0 Å². The SMILES string of the molecule is O=C(C[C@H]1CC[C@@H]2[C@H](COC[C@@H](O)CN2Cc2ccc3c(c2)OCO3)O1)Nc1ccccc1. The number of nitrogens with zero attached hydrogens (tertiary/aromatic N) is 1. The van der Waals surface area contributed by atoms with Gasteiger partial charge in [-0.15, -0.1) is 0 Å². The van der Waals surface area contributed by atoms with Gasteiger partial charge in [-0.25, -0.2) is 0 Å². The first-order chi connectivity index (χ1) is 16.1. The lowest BCUT2D eigenvalue weighted by Crippen LogP contribution is -2.55. The van der Waals surface area contributed by atoms with E-state index in [1.54, 1.807) is 0 Å². The number of carbonyl (C=O) groups excluding carboxylic acids is 1. The van der Waals surface area contributed by atoms with Crippen LogP contribution in [0.1, 0.15) is 24.8 Å². The summed E-state index contributed by atoms with van der Waals surface area (Å²) >= 11 is 0. The van der Waals surface area contributed by atoms with Crippen LogP contribution >= 0.6 is 0 Å². The molecule has 2 N–H and O–H groups in total. The quantitative estimate of drug-likeness (QED) is 0.718. The molecule has 2 saturated heterocycles. The van der Waals surface area contributed by atoms with Crippen LogP contribution in [-0.4, -0.2) is 66.8 Å². The van der Waals surface area contributed by atoms with Crippen molar-refractivity contribution in [2.24, 2.45) is 0 Å². The van der Waals surface area contributed by atoms with Gasteiger partial charge in [-0.05, 0) is 42.7 Å². The highest BCUT2D eigenvalue weighted by atomic mass is 16.7. The molecule has 8 nitrogen and oxygen atoms in total. The van der Waals surface area contributed by atoms with Gasteiger partial charge in [-0.2, -0.15) is 0 Å². The van der Waals surface area contributed by atoms with Crippen molar-refractivity contribution in [1.82, 2.24) is 4.90 Å². The number of carbonyl (C=O) groups is 1. The Morgan fingerprint density at radius 3 is 2.79 bits per heavy atom. The van der Waals surface area contributed by atoms with Crippen molar-refractivity contribution in [2.45, 2.75) is 50.2 Å². The first-order valence-corrected chi connectivity index (χ1v) is 11.5. The Kier molecular flexibility index (Phi) is 6.78. The lowest BCUT2D eigenvalue weighted by atomic mass is 9.94. The highest BCUT2D eigenvalue weighted by Gasteiger charge is 2.38. The van der Waals surface area contributed by atoms with Gasteiger partial charge < -0.3 is 29.4 Å². The van der Waals surface area contributed by atoms with Gasteiger partial charge in [0.05, 0.1) is 37.9 Å². The van der Waals surface area contributed by atoms with Crippen LogP contribution in [0.25, 0.3) is 0 Å². The number of anilines is 1. The molecule has 0 saturated carbocycles. The van der Waals surface area contributed by atoms with Crippen LogP contribution in [0.15, 0.2) is 48.5 Å². The molecule has 0 spiro atoms. The second-order valence-electron chi connectivity index (χ2n) is 8.87. The minimum Gasteiger partial charge on any atom is -0.454 e. The van der Waals surface area contributed by atoms with Crippen molar-refractivity contribution in [3.05, 3.63) is 54.1 Å². The Morgan fingerprint density at radius 2 is 1.91 bits per heavy atom. The van der Waals surface area contributed by atoms with E-state index in [2.05, 4.69) is 10.2 Å². The van der Waals surface area contributed by atoms with Crippen molar-refractivity contribution in [2.75, 3.05) is 31.9 Å². The standard InChI is InChI=1S/C25H30N2O6/c28-19-13-27(12-17-6-9-22-23(10-17)32-16-31-22)21-8-7-20(33-24(21)15-30-14-19)11-25(29)26-18-4-2-1-3-5-18/h1-6,9-10,19-21,24,28H,7-8,11-16H2,(H,26,29)/t19-,20+,21+,24-/m0/s1. The highest BCUT2D eigenvalue weighted by Crippen LogP contribution is 2.34. The van der Waals surface area contributed by atoms with Crippen LogP contribution < -0.4 is 14.8 Å². The lowest BCUT2D eigenvalue weighted by molar-refractivity contribution is -0.156. The van der Waals surface area contributed by atoms with E-state index in [0.717, 1.165) is 35.6 Å². The average molecular weight is 455 g/mol. The van der Waals surface area contributed by atoms with Crippen LogP contribution in [-0.2, 0) is 20.8 Å². The van der Waals surface area contributed by atoms with Gasteiger partial charge in [0.15, 0.2) is 11.5 Å². The molecule has 5 rings (SSSR count). The summed E-state index contributed by atoms with van der Waals surface area (Å²) in [5.41, 5.74) is 1.88. The number of hydrogen-bond donors (Lipinski definition) is 2. The van der Waals surface area contributed by atoms with Gasteiger partial charge in [0.2, 0.25) is 12.7 Å². The van der Waals surface area contributed by atoms with Crippen LogP contribution in [0.2, 0.25) is 0 Å². The second kappa shape index (κ2) is 10.1. The number of hydrogen-bond acceptors (Lipinski definition) is 7. The zero-order chi connectivity index (χ0) is 22.6. The smallest absolute Gasteiger partial charge is 0.231 e. The van der Waals surface area contributed by atoms with Crippen molar-refractivity contribution in [3.8, 4) is 11.5 Å². The number of ether oxygens (including phenoxy) is 4. The number of β-amino-alcohol motifs (C(OH)–C–C–N with tert-alkyl or cyclic N) is 1. The summed E-state index contributed by atoms with van der Waals surface area (Å²) < 4.78 is 23.0. The van der Waals surface area contributed by atoms with Crippen LogP contribution in [0, 0.1) is 0 Å². The van der Waals surface area contributed by atoms with Crippen molar-refractivity contribution < 1.29 is 28.8 Å². The van der Waals surface area contributed by atoms with Crippen LogP contribution in [0.4, 0.5) is 5.69 Å². The third kappa shape index (κ3) is 5.47. The van der Waals surface area contributed by atoms with E-state index in [-0.39, 0.29) is 37.6 Å². The molecule has 1 amide bonds. The molecule has 2 aromatic carbocycles. The van der Waals surface area contributed by atoms with Crippen LogP contribution in [0.5, 0.6) is 11.5 Å². The first kappa shape index (κ1) is 22.2. The minimum absolute atomic E-state index is 0.0518. The van der Waals surface area contributed by atoms with E-state index in [1.807, 2.05) is 48.5 Å². The van der Waals surface area contributed by atoms with E-state index in [9.17, 15) is 9.90 Å². The summed E-state index contributed by atoms with van der Waals surface area (Å²) in [6.45, 7) is 2.07. The predicted molar refractivity (Wildman–Crippen MR) is 121 cm³/mol. The molecule has 176 valence electrons. The molecule has 0 radical (unpaired) electrons. The molecule has 3 aliphatic rings. The summed E-state index contributed by atoms with van der Waals surface area (Å²) in [4.78, 5) is 14.8. The van der Waals surface area contributed by atoms with Crippen molar-refractivity contribution >= 4 is 11.6 Å². The monoisotopic (exact) mass is 454 g/mol. The number of amides is 1. The maximum absolute atomic E-state index is 12.5. The minimum atomic E-state index is -0.561. The molecule has 3 aliphatic heterocycles. The maximum atomic E-state index is 12.5. The van der Waals surface area contributed by atoms with Crippen LogP contribution in [0.3, 0.4) is 0 Å². The highest BCUT2D eigenvalue weighted by molar-refractivity contribution is 5.90. The fraction of sp³-hybridized carbons (Fsp3) is 0.480. The topological polar surface area (TPSA) is 89.5 Å². The van der Waals surface area contributed by atoms with E-state index >= 15 is 0 Å². The fourth-order valence-electron chi connectivity index (χ4n) is 4.84. The molecule has 2 fully saturated rings. The van der Waals surface area contributed by atoms with E-state index in [4.69, 9.17) is 18.9 Å². The number of para-hydroxylation sites is 1. The van der Waals surface area contributed by atoms with Crippen molar-refractivity contribution in [1.29, 1.82) is 0 Å². The van der Waals surface area contributed by atoms with Gasteiger partial charge in [0, 0.05) is 24.8 Å². The molecule has 0 bridgehead atoms.